The van der Waals surface area contributed by atoms with Crippen molar-refractivity contribution < 1.29 is 67.3 Å². The number of likely N-dealkylation sites (N-methyl/N-ethyl adjacent to an activating group) is 1. The molecule has 5 fully saturated rings. The van der Waals surface area contributed by atoms with E-state index in [4.69, 9.17) is 61.1 Å². The fraction of sp³-hybridized carbons (Fsp3) is 0.741. The number of ether oxygens (including phenoxy) is 8. The zero-order chi connectivity index (χ0) is 57.5. The first-order valence-electron chi connectivity index (χ1n) is 28.5. The van der Waals surface area contributed by atoms with Gasteiger partial charge in [0.2, 0.25) is 0 Å². The smallest absolute Gasteiger partial charge is 0.410 e. The normalized spacial score (nSPS) is 33.5. The third-order valence-electron chi connectivity index (χ3n) is 17.6. The molecule has 0 radical (unpaired) electrons. The van der Waals surface area contributed by atoms with E-state index in [9.17, 15) is 29.4 Å². The number of nitrogens with zero attached hydrogens (tertiary/aromatic N) is 5. The highest BCUT2D eigenvalue weighted by Crippen LogP contribution is 2.44. The quantitative estimate of drug-likeness (QED) is 0.160. The van der Waals surface area contributed by atoms with Crippen LogP contribution in [0.1, 0.15) is 125 Å². The summed E-state index contributed by atoms with van der Waals surface area (Å²) in [7, 11) is 4.81. The summed E-state index contributed by atoms with van der Waals surface area (Å²) in [5, 5.41) is 25.1. The summed E-state index contributed by atoms with van der Waals surface area (Å²) >= 11 is 13.4. The summed E-state index contributed by atoms with van der Waals surface area (Å²) < 4.78 is 49.8. The molecule has 1 saturated carbocycles. The minimum Gasteiger partial charge on any atom is -0.493 e. The summed E-state index contributed by atoms with van der Waals surface area (Å²) in [5.74, 6) is -2.88. The van der Waals surface area contributed by atoms with Crippen molar-refractivity contribution in [3.63, 3.8) is 0 Å². The number of aliphatic hydroxyl groups excluding tert-OH is 2. The van der Waals surface area contributed by atoms with Crippen LogP contribution >= 0.6 is 23.2 Å². The maximum absolute atomic E-state index is 15.0. The van der Waals surface area contributed by atoms with E-state index >= 15 is 0 Å². The van der Waals surface area contributed by atoms with E-state index in [1.165, 1.54) is 4.90 Å². The summed E-state index contributed by atoms with van der Waals surface area (Å²) in [6, 6.07) is 3.99. The maximum Gasteiger partial charge on any atom is 0.410 e. The van der Waals surface area contributed by atoms with E-state index < -0.39 is 95.8 Å². The molecule has 2 aromatic rings. The van der Waals surface area contributed by atoms with E-state index in [2.05, 4.69) is 9.88 Å². The zero-order valence-electron chi connectivity index (χ0n) is 48.2. The van der Waals surface area contributed by atoms with Crippen molar-refractivity contribution in [1.29, 1.82) is 0 Å². The number of fused-ring (bicyclic) bond motifs is 1. The Morgan fingerprint density at radius 2 is 1.61 bits per heavy atom. The minimum absolute atomic E-state index is 0.0730. The molecule has 79 heavy (non-hydrogen) atoms. The topological polar surface area (TPSA) is 208 Å². The van der Waals surface area contributed by atoms with Crippen LogP contribution in [0.4, 0.5) is 15.3 Å². The number of ketones is 1. The van der Waals surface area contributed by atoms with Crippen molar-refractivity contribution in [2.45, 2.75) is 192 Å². The average Bonchev–Trinajstić information content (AvgIpc) is 4.28. The Kier molecular flexibility index (Phi) is 21.5. The molecular formula is C58H87Cl2N5O14. The molecule has 4 aliphatic heterocycles. The van der Waals surface area contributed by atoms with Gasteiger partial charge in [-0.05, 0) is 104 Å². The first-order chi connectivity index (χ1) is 37.6. The van der Waals surface area contributed by atoms with Gasteiger partial charge in [-0.1, -0.05) is 50.9 Å². The molecule has 19 nitrogen and oxygen atoms in total. The first-order valence-corrected chi connectivity index (χ1v) is 29.3. The van der Waals surface area contributed by atoms with E-state index in [0.29, 0.717) is 98.6 Å². The van der Waals surface area contributed by atoms with Gasteiger partial charge in [-0.3, -0.25) is 14.6 Å². The number of aliphatic hydroxyl groups is 2. The van der Waals surface area contributed by atoms with Crippen molar-refractivity contribution in [2.75, 3.05) is 65.6 Å². The van der Waals surface area contributed by atoms with E-state index in [0.717, 1.165) is 31.4 Å². The lowest BCUT2D eigenvalue weighted by Crippen LogP contribution is -2.61. The molecule has 0 unspecified atom stereocenters. The Bertz CT molecular complexity index is 2380. The molecule has 14 atom stereocenters. The number of rotatable bonds is 15. The second kappa shape index (κ2) is 27.2. The monoisotopic (exact) mass is 1150 g/mol. The number of benzene rings is 1. The van der Waals surface area contributed by atoms with Crippen LogP contribution in [0, 0.1) is 23.7 Å². The fourth-order valence-corrected chi connectivity index (χ4v) is 13.2. The van der Waals surface area contributed by atoms with Crippen LogP contribution in [0.15, 0.2) is 30.6 Å². The number of pyridine rings is 1. The highest BCUT2D eigenvalue weighted by molar-refractivity contribution is 6.35. The predicted molar refractivity (Wildman–Crippen MR) is 297 cm³/mol. The number of cyclic esters (lactones) is 1. The lowest BCUT2D eigenvalue weighted by molar-refractivity contribution is -0.300. The molecule has 0 bridgehead atoms. The first kappa shape index (κ1) is 62.4. The van der Waals surface area contributed by atoms with Gasteiger partial charge in [-0.2, -0.15) is 0 Å². The second-order valence-corrected chi connectivity index (χ2v) is 23.9. The number of esters is 1. The molecule has 1 aromatic heterocycles. The Balaban J connectivity index is 1.14. The van der Waals surface area contributed by atoms with E-state index in [1.54, 1.807) is 64.2 Å². The molecule has 3 amide bonds. The van der Waals surface area contributed by atoms with E-state index in [1.807, 2.05) is 52.8 Å². The van der Waals surface area contributed by atoms with Gasteiger partial charge in [0.25, 0.3) is 0 Å². The zero-order valence-corrected chi connectivity index (χ0v) is 49.7. The summed E-state index contributed by atoms with van der Waals surface area (Å²) in [6.07, 6.45) is 2.47. The Labute approximate surface area is 477 Å². The lowest BCUT2D eigenvalue weighted by Gasteiger charge is -2.48. The number of hydrogen-bond donors (Lipinski definition) is 2. The second-order valence-electron chi connectivity index (χ2n) is 23.0. The molecule has 442 valence electrons. The van der Waals surface area contributed by atoms with Gasteiger partial charge in [-0.15, -0.1) is 0 Å². The van der Waals surface area contributed by atoms with Crippen LogP contribution in [0.2, 0.25) is 10.0 Å². The van der Waals surface area contributed by atoms with Crippen LogP contribution in [0.3, 0.4) is 0 Å². The molecule has 7 rings (SSSR count). The van der Waals surface area contributed by atoms with Crippen molar-refractivity contribution >= 4 is 52.8 Å². The fourth-order valence-electron chi connectivity index (χ4n) is 12.7. The van der Waals surface area contributed by atoms with Crippen molar-refractivity contribution in [3.8, 4) is 11.5 Å². The number of urea groups is 1. The van der Waals surface area contributed by atoms with Crippen LogP contribution in [-0.2, 0) is 44.6 Å². The third-order valence-corrected chi connectivity index (χ3v) is 18.3. The van der Waals surface area contributed by atoms with E-state index in [-0.39, 0.29) is 30.9 Å². The van der Waals surface area contributed by atoms with Gasteiger partial charge in [0, 0.05) is 94.3 Å². The lowest BCUT2D eigenvalue weighted by atomic mass is 9.75. The number of carbonyl (C=O) groups is 4. The number of morpholine rings is 1. The van der Waals surface area contributed by atoms with Crippen molar-refractivity contribution in [1.82, 2.24) is 19.7 Å². The number of amides is 3. The van der Waals surface area contributed by atoms with Crippen LogP contribution in [0.25, 0.3) is 0 Å². The van der Waals surface area contributed by atoms with Gasteiger partial charge >= 0.3 is 18.1 Å². The van der Waals surface area contributed by atoms with Crippen molar-refractivity contribution in [2.24, 2.45) is 23.7 Å². The summed E-state index contributed by atoms with van der Waals surface area (Å²) in [6.45, 7) is 16.8. The molecule has 21 heteroatoms. The van der Waals surface area contributed by atoms with Gasteiger partial charge in [0.15, 0.2) is 23.4 Å². The van der Waals surface area contributed by atoms with Gasteiger partial charge in [0.05, 0.1) is 78.4 Å². The third kappa shape index (κ3) is 14.0. The molecule has 2 N–H and O–H groups in total. The highest BCUT2D eigenvalue weighted by atomic mass is 35.5. The Hall–Kier alpha value is -4.21. The average molecular weight is 1150 g/mol. The van der Waals surface area contributed by atoms with Gasteiger partial charge < -0.3 is 67.7 Å². The number of methoxy groups -OCH3 is 2. The summed E-state index contributed by atoms with van der Waals surface area (Å²) in [4.78, 5) is 68.8. The Morgan fingerprint density at radius 1 is 0.924 bits per heavy atom. The van der Waals surface area contributed by atoms with Crippen LogP contribution in [-0.4, -0.2) is 181 Å². The summed E-state index contributed by atoms with van der Waals surface area (Å²) in [5.41, 5.74) is -1.18. The highest BCUT2D eigenvalue weighted by Gasteiger charge is 2.60. The predicted octanol–water partition coefficient (Wildman–Crippen LogP) is 8.71. The SMILES string of the molecule is CC[C@H]1OC(=O)[C@H](C)[C@@H](O)[C@H](C)[C@@H](O[C@@H]2O[C@H](C)C[C@H](N(C)C(=O)N3CCOCC3)[C@H]2O)[C@](C)(OC)CCC[C@@H](C)C(=O)[C@H](C)[C@H]2N(CCCN(Cc3c(Cl)cncc3Cl)c3ccc(OC)c(OC4CCCC4)c3)C(=O)O[C@]12C. The maximum atomic E-state index is 15.0. The molecule has 4 saturated heterocycles. The van der Waals surface area contributed by atoms with Gasteiger partial charge in [0.1, 0.15) is 18.0 Å². The molecular weight excluding hydrogens is 1060 g/mol. The van der Waals surface area contributed by atoms with Crippen molar-refractivity contribution in [3.05, 3.63) is 46.2 Å². The number of halogens is 2. The van der Waals surface area contributed by atoms with Crippen LogP contribution in [0.5, 0.6) is 11.5 Å². The molecule has 5 heterocycles. The number of Topliss-reactive ketones (excluding diaryl/α,β-unsaturated/α-hetero) is 1. The Morgan fingerprint density at radius 3 is 2.25 bits per heavy atom. The van der Waals surface area contributed by atoms with Crippen LogP contribution < -0.4 is 14.4 Å². The molecule has 1 aliphatic carbocycles. The van der Waals surface area contributed by atoms with Gasteiger partial charge in [-0.25, -0.2) is 9.59 Å². The number of anilines is 1. The minimum atomic E-state index is -1.50. The largest absolute Gasteiger partial charge is 0.493 e. The standard InChI is InChI=1S/C58H87Cl2N5O14/c1-12-47-58(8)51(65(56(71)79-58)24-16-23-64(33-41-42(59)31-61-32-43(41)60)39-20-21-45(72-10)46(30-39)76-40-18-13-14-19-40)36(4)48(66)34(2)17-15-22-57(7,73-11)52(37(5)49(67)38(6)53(69)77-47)78-54-50(68)44(29-35(3)75-54)62(9)55(70)63-25-27-74-28-26-63/h20-21,30-32,34-38,40,44,47,49-52,54,67-68H,12-19,22-29,33H2,1-11H3/t34-,35-,36+,37+,38-,44+,47-,49+,50-,51-,52-,54+,57-,58-/m1/s1. The number of carbonyl (C=O) groups excluding carboxylic acids is 4. The number of hydrogen-bond acceptors (Lipinski definition) is 16. The molecule has 5 aliphatic rings. The number of aromatic nitrogens is 1. The molecule has 1 aromatic carbocycles. The molecule has 0 spiro atoms.